The minimum absolute atomic E-state index is 0.122. The first-order valence-corrected chi connectivity index (χ1v) is 7.17. The Balaban J connectivity index is 2.52. The largest absolute Gasteiger partial charge is 0.306 e. The molecule has 0 aliphatic carbocycles. The van der Waals surface area contributed by atoms with E-state index in [4.69, 9.17) is 0 Å². The standard InChI is InChI=1S/C16H17BrFN/c1-3-19-16(12-8-5-4-7-11(12)2)13-9-6-10-14(17)15(13)18/h4-10,16,19H,3H2,1-2H3. The predicted octanol–water partition coefficient (Wildman–Crippen LogP) is 4.60. The van der Waals surface area contributed by atoms with Gasteiger partial charge in [0, 0.05) is 5.56 Å². The van der Waals surface area contributed by atoms with Gasteiger partial charge >= 0.3 is 0 Å². The average Bonchev–Trinajstić information content (AvgIpc) is 2.41. The van der Waals surface area contributed by atoms with E-state index in [9.17, 15) is 4.39 Å². The van der Waals surface area contributed by atoms with Crippen molar-refractivity contribution in [1.82, 2.24) is 5.32 Å². The molecule has 2 aromatic carbocycles. The van der Waals surface area contributed by atoms with Crippen LogP contribution < -0.4 is 5.32 Å². The molecule has 0 aliphatic heterocycles. The van der Waals surface area contributed by atoms with Gasteiger partial charge in [-0.2, -0.15) is 0 Å². The summed E-state index contributed by atoms with van der Waals surface area (Å²) in [6.45, 7) is 4.86. The Morgan fingerprint density at radius 1 is 1.11 bits per heavy atom. The number of halogens is 2. The molecule has 0 aromatic heterocycles. The van der Waals surface area contributed by atoms with E-state index in [1.807, 2.05) is 37.3 Å². The summed E-state index contributed by atoms with van der Waals surface area (Å²) in [5.74, 6) is -0.197. The second-order valence-corrected chi connectivity index (χ2v) is 5.34. The molecule has 100 valence electrons. The number of nitrogens with one attached hydrogen (secondary N) is 1. The average molecular weight is 322 g/mol. The van der Waals surface area contributed by atoms with E-state index < -0.39 is 0 Å². The van der Waals surface area contributed by atoms with E-state index in [0.29, 0.717) is 10.0 Å². The van der Waals surface area contributed by atoms with Crippen molar-refractivity contribution in [3.63, 3.8) is 0 Å². The summed E-state index contributed by atoms with van der Waals surface area (Å²) in [6, 6.07) is 13.4. The fourth-order valence-electron chi connectivity index (χ4n) is 2.25. The third kappa shape index (κ3) is 3.04. The van der Waals surface area contributed by atoms with Gasteiger partial charge in [0.05, 0.1) is 10.5 Å². The van der Waals surface area contributed by atoms with Crippen LogP contribution in [0.4, 0.5) is 4.39 Å². The van der Waals surface area contributed by atoms with Crippen molar-refractivity contribution in [2.45, 2.75) is 19.9 Å². The first-order chi connectivity index (χ1) is 9.15. The lowest BCUT2D eigenvalue weighted by molar-refractivity contribution is 0.554. The molecule has 1 atom stereocenters. The third-order valence-corrected chi connectivity index (χ3v) is 3.81. The number of hydrogen-bond acceptors (Lipinski definition) is 1. The maximum Gasteiger partial charge on any atom is 0.142 e. The molecule has 3 heteroatoms. The molecular weight excluding hydrogens is 305 g/mol. The molecule has 1 nitrogen and oxygen atoms in total. The van der Waals surface area contributed by atoms with Crippen LogP contribution in [0.2, 0.25) is 0 Å². The molecule has 0 radical (unpaired) electrons. The van der Waals surface area contributed by atoms with E-state index in [1.165, 1.54) is 0 Å². The van der Waals surface area contributed by atoms with E-state index >= 15 is 0 Å². The first kappa shape index (κ1) is 14.2. The van der Waals surface area contributed by atoms with Crippen LogP contribution in [0.5, 0.6) is 0 Å². The zero-order valence-corrected chi connectivity index (χ0v) is 12.7. The molecule has 2 aromatic rings. The minimum Gasteiger partial charge on any atom is -0.306 e. The molecule has 19 heavy (non-hydrogen) atoms. The normalized spacial score (nSPS) is 12.4. The van der Waals surface area contributed by atoms with Crippen molar-refractivity contribution in [3.8, 4) is 0 Å². The topological polar surface area (TPSA) is 12.0 Å². The molecule has 0 heterocycles. The van der Waals surface area contributed by atoms with Crippen LogP contribution in [0.15, 0.2) is 46.9 Å². The highest BCUT2D eigenvalue weighted by atomic mass is 79.9. The monoisotopic (exact) mass is 321 g/mol. The summed E-state index contributed by atoms with van der Waals surface area (Å²) in [5.41, 5.74) is 2.94. The summed E-state index contributed by atoms with van der Waals surface area (Å²) in [7, 11) is 0. The van der Waals surface area contributed by atoms with Gasteiger partial charge in [-0.1, -0.05) is 43.3 Å². The Morgan fingerprint density at radius 2 is 1.79 bits per heavy atom. The Hall–Kier alpha value is -1.19. The second kappa shape index (κ2) is 6.31. The fraction of sp³-hybridized carbons (Fsp3) is 0.250. The van der Waals surface area contributed by atoms with E-state index in [-0.39, 0.29) is 11.9 Å². The number of aryl methyl sites for hydroxylation is 1. The van der Waals surface area contributed by atoms with Crippen molar-refractivity contribution in [2.24, 2.45) is 0 Å². The minimum atomic E-state index is -0.197. The molecular formula is C16H17BrFN. The quantitative estimate of drug-likeness (QED) is 0.868. The zero-order valence-electron chi connectivity index (χ0n) is 11.1. The van der Waals surface area contributed by atoms with Gasteiger partial charge in [0.1, 0.15) is 5.82 Å². The Bertz CT molecular complexity index is 568. The molecule has 0 amide bonds. The Labute approximate surface area is 122 Å². The summed E-state index contributed by atoms with van der Waals surface area (Å²) >= 11 is 3.25. The molecule has 0 saturated carbocycles. The van der Waals surface area contributed by atoms with Crippen LogP contribution in [-0.4, -0.2) is 6.54 Å². The van der Waals surface area contributed by atoms with Crippen molar-refractivity contribution in [2.75, 3.05) is 6.54 Å². The molecule has 0 spiro atoms. The van der Waals surface area contributed by atoms with Crippen LogP contribution in [0, 0.1) is 12.7 Å². The number of benzene rings is 2. The van der Waals surface area contributed by atoms with Crippen LogP contribution in [0.1, 0.15) is 29.7 Å². The highest BCUT2D eigenvalue weighted by Gasteiger charge is 2.19. The smallest absolute Gasteiger partial charge is 0.142 e. The zero-order chi connectivity index (χ0) is 13.8. The lowest BCUT2D eigenvalue weighted by atomic mass is 9.94. The van der Waals surface area contributed by atoms with E-state index in [2.05, 4.69) is 34.2 Å². The number of rotatable bonds is 4. The van der Waals surface area contributed by atoms with Crippen LogP contribution in [0.3, 0.4) is 0 Å². The summed E-state index contributed by atoms with van der Waals surface area (Å²) < 4.78 is 14.8. The van der Waals surface area contributed by atoms with Crippen molar-refractivity contribution in [3.05, 3.63) is 69.4 Å². The van der Waals surface area contributed by atoms with Gasteiger partial charge in [0.2, 0.25) is 0 Å². The van der Waals surface area contributed by atoms with E-state index in [1.54, 1.807) is 6.07 Å². The molecule has 0 bridgehead atoms. The Morgan fingerprint density at radius 3 is 2.47 bits per heavy atom. The summed E-state index contributed by atoms with van der Waals surface area (Å²) in [5, 5.41) is 3.36. The highest BCUT2D eigenvalue weighted by Crippen LogP contribution is 2.29. The van der Waals surface area contributed by atoms with Gasteiger partial charge in [0.15, 0.2) is 0 Å². The molecule has 0 aliphatic rings. The highest BCUT2D eigenvalue weighted by molar-refractivity contribution is 9.10. The van der Waals surface area contributed by atoms with Crippen LogP contribution in [-0.2, 0) is 0 Å². The SMILES string of the molecule is CCNC(c1ccccc1C)c1cccc(Br)c1F. The molecule has 1 unspecified atom stereocenters. The summed E-state index contributed by atoms with van der Waals surface area (Å²) in [4.78, 5) is 0. The van der Waals surface area contributed by atoms with Crippen LogP contribution in [0.25, 0.3) is 0 Å². The predicted molar refractivity (Wildman–Crippen MR) is 80.8 cm³/mol. The van der Waals surface area contributed by atoms with Gasteiger partial charge in [-0.05, 0) is 46.6 Å². The maximum atomic E-state index is 14.3. The van der Waals surface area contributed by atoms with Gasteiger partial charge in [-0.15, -0.1) is 0 Å². The molecule has 0 fully saturated rings. The lowest BCUT2D eigenvalue weighted by Crippen LogP contribution is -2.23. The third-order valence-electron chi connectivity index (χ3n) is 3.20. The van der Waals surface area contributed by atoms with Gasteiger partial charge in [-0.25, -0.2) is 4.39 Å². The lowest BCUT2D eigenvalue weighted by Gasteiger charge is -2.21. The molecule has 0 saturated heterocycles. The molecule has 2 rings (SSSR count). The van der Waals surface area contributed by atoms with E-state index in [0.717, 1.165) is 17.7 Å². The first-order valence-electron chi connectivity index (χ1n) is 6.38. The van der Waals surface area contributed by atoms with Gasteiger partial charge < -0.3 is 5.32 Å². The fourth-order valence-corrected chi connectivity index (χ4v) is 2.63. The molecule has 1 N–H and O–H groups in total. The van der Waals surface area contributed by atoms with Gasteiger partial charge in [0.25, 0.3) is 0 Å². The maximum absolute atomic E-state index is 14.3. The van der Waals surface area contributed by atoms with Crippen molar-refractivity contribution < 1.29 is 4.39 Å². The van der Waals surface area contributed by atoms with Crippen molar-refractivity contribution >= 4 is 15.9 Å². The summed E-state index contributed by atoms with van der Waals surface area (Å²) in [6.07, 6.45) is 0. The number of hydrogen-bond donors (Lipinski definition) is 1. The van der Waals surface area contributed by atoms with Gasteiger partial charge in [-0.3, -0.25) is 0 Å². The Kier molecular flexibility index (Phi) is 4.72. The second-order valence-electron chi connectivity index (χ2n) is 4.49. The van der Waals surface area contributed by atoms with Crippen molar-refractivity contribution in [1.29, 1.82) is 0 Å². The van der Waals surface area contributed by atoms with Crippen LogP contribution >= 0.6 is 15.9 Å².